The van der Waals surface area contributed by atoms with Gasteiger partial charge in [0.1, 0.15) is 38.1 Å². The van der Waals surface area contributed by atoms with E-state index >= 15 is 0 Å². The number of nitrogens with one attached hydrogen (secondary N) is 1. The number of rotatable bonds is 5. The third-order valence-corrected chi connectivity index (χ3v) is 4.17. The van der Waals surface area contributed by atoms with Crippen molar-refractivity contribution in [1.82, 2.24) is 0 Å². The number of quaternary nitrogens is 1. The Balaban J connectivity index is 1.82. The summed E-state index contributed by atoms with van der Waals surface area (Å²) in [5, 5.41) is 10.8. The highest BCUT2D eigenvalue weighted by molar-refractivity contribution is 6.32. The van der Waals surface area contributed by atoms with E-state index in [9.17, 15) is 5.11 Å². The van der Waals surface area contributed by atoms with Gasteiger partial charge in [-0.3, -0.25) is 0 Å². The highest BCUT2D eigenvalue weighted by Gasteiger charge is 2.18. The number of aliphatic hydroxyl groups excluding tert-OH is 1. The number of aryl methyl sites for hydroxylation is 2. The number of aliphatic hydroxyl groups is 1. The summed E-state index contributed by atoms with van der Waals surface area (Å²) >= 11 is 6.12. The van der Waals surface area contributed by atoms with Gasteiger partial charge < -0.3 is 19.5 Å². The first-order valence-corrected chi connectivity index (χ1v) is 7.43. The second-order valence-electron chi connectivity index (χ2n) is 5.40. The first-order valence-electron chi connectivity index (χ1n) is 7.05. The SMILES string of the molecule is Cc1cc(OC[C@H](O)C[NH+]2CCOCC2)cc(C)c1Cl. The molecular weight excluding hydrogens is 278 g/mol. The highest BCUT2D eigenvalue weighted by atomic mass is 35.5. The van der Waals surface area contributed by atoms with E-state index in [4.69, 9.17) is 21.1 Å². The van der Waals surface area contributed by atoms with Gasteiger partial charge in [-0.05, 0) is 37.1 Å². The Kier molecular flexibility index (Phi) is 5.66. The monoisotopic (exact) mass is 300 g/mol. The van der Waals surface area contributed by atoms with Crippen molar-refractivity contribution < 1.29 is 19.5 Å². The second-order valence-corrected chi connectivity index (χ2v) is 5.78. The number of ether oxygens (including phenoxy) is 2. The van der Waals surface area contributed by atoms with Gasteiger partial charge in [0.2, 0.25) is 0 Å². The largest absolute Gasteiger partial charge is 0.491 e. The van der Waals surface area contributed by atoms with Gasteiger partial charge in [-0.1, -0.05) is 11.6 Å². The van der Waals surface area contributed by atoms with Crippen LogP contribution in [0.4, 0.5) is 0 Å². The van der Waals surface area contributed by atoms with Crippen molar-refractivity contribution in [3.63, 3.8) is 0 Å². The number of hydrogen-bond donors (Lipinski definition) is 2. The summed E-state index contributed by atoms with van der Waals surface area (Å²) in [7, 11) is 0. The predicted molar refractivity (Wildman–Crippen MR) is 78.8 cm³/mol. The fourth-order valence-electron chi connectivity index (χ4n) is 2.44. The lowest BCUT2D eigenvalue weighted by molar-refractivity contribution is -0.911. The van der Waals surface area contributed by atoms with Gasteiger partial charge in [0, 0.05) is 5.02 Å². The Morgan fingerprint density at radius 3 is 2.50 bits per heavy atom. The van der Waals surface area contributed by atoms with E-state index < -0.39 is 6.10 Å². The molecule has 0 spiro atoms. The molecule has 0 aliphatic carbocycles. The molecule has 0 saturated carbocycles. The van der Waals surface area contributed by atoms with Crippen LogP contribution in [0.3, 0.4) is 0 Å². The maximum absolute atomic E-state index is 10.0. The quantitative estimate of drug-likeness (QED) is 0.837. The zero-order valence-corrected chi connectivity index (χ0v) is 12.9. The summed E-state index contributed by atoms with van der Waals surface area (Å²) in [5.41, 5.74) is 1.99. The molecule has 1 saturated heterocycles. The van der Waals surface area contributed by atoms with E-state index in [0.29, 0.717) is 13.2 Å². The van der Waals surface area contributed by atoms with Crippen LogP contribution < -0.4 is 9.64 Å². The minimum atomic E-state index is -0.459. The predicted octanol–water partition coefficient (Wildman–Crippen LogP) is 0.612. The lowest BCUT2D eigenvalue weighted by Crippen LogP contribution is -3.15. The van der Waals surface area contributed by atoms with Gasteiger partial charge in [0.15, 0.2) is 0 Å². The van der Waals surface area contributed by atoms with Crippen LogP contribution in [0, 0.1) is 13.8 Å². The van der Waals surface area contributed by atoms with Crippen molar-refractivity contribution in [1.29, 1.82) is 0 Å². The second kappa shape index (κ2) is 7.27. The van der Waals surface area contributed by atoms with Gasteiger partial charge in [-0.15, -0.1) is 0 Å². The van der Waals surface area contributed by atoms with E-state index in [0.717, 1.165) is 48.2 Å². The minimum absolute atomic E-state index is 0.310. The van der Waals surface area contributed by atoms with Crippen LogP contribution in [0.1, 0.15) is 11.1 Å². The van der Waals surface area contributed by atoms with Crippen LogP contribution in [0.5, 0.6) is 5.75 Å². The fourth-order valence-corrected chi connectivity index (χ4v) is 2.55. The molecule has 1 aliphatic heterocycles. The van der Waals surface area contributed by atoms with Crippen LogP contribution in [0.2, 0.25) is 5.02 Å². The molecule has 0 radical (unpaired) electrons. The summed E-state index contributed by atoms with van der Waals surface area (Å²) in [4.78, 5) is 1.37. The number of morpholine rings is 1. The average Bonchev–Trinajstić information content (AvgIpc) is 2.43. The zero-order valence-electron chi connectivity index (χ0n) is 12.1. The molecule has 0 amide bonds. The van der Waals surface area contributed by atoms with Gasteiger partial charge in [-0.2, -0.15) is 0 Å². The lowest BCUT2D eigenvalue weighted by atomic mass is 10.1. The van der Waals surface area contributed by atoms with Gasteiger partial charge in [-0.25, -0.2) is 0 Å². The summed E-state index contributed by atoms with van der Waals surface area (Å²) in [6.07, 6.45) is -0.459. The first-order chi connectivity index (χ1) is 9.56. The van der Waals surface area contributed by atoms with Crippen LogP contribution in [-0.4, -0.2) is 50.7 Å². The molecule has 1 aliphatic rings. The van der Waals surface area contributed by atoms with Crippen molar-refractivity contribution in [3.8, 4) is 5.75 Å². The molecule has 112 valence electrons. The normalized spacial score (nSPS) is 18.0. The van der Waals surface area contributed by atoms with E-state index in [1.165, 1.54) is 4.90 Å². The Morgan fingerprint density at radius 2 is 1.90 bits per heavy atom. The van der Waals surface area contributed by atoms with Crippen molar-refractivity contribution in [2.75, 3.05) is 39.5 Å². The van der Waals surface area contributed by atoms with Crippen molar-refractivity contribution in [3.05, 3.63) is 28.3 Å². The molecule has 20 heavy (non-hydrogen) atoms. The molecule has 5 heteroatoms. The first kappa shape index (κ1) is 15.6. The summed E-state index contributed by atoms with van der Waals surface area (Å²) in [6.45, 7) is 8.39. The molecule has 0 bridgehead atoms. The van der Waals surface area contributed by atoms with Gasteiger partial charge in [0.05, 0.1) is 13.2 Å². The van der Waals surface area contributed by atoms with Crippen LogP contribution >= 0.6 is 11.6 Å². The lowest BCUT2D eigenvalue weighted by Gasteiger charge is -2.25. The average molecular weight is 301 g/mol. The zero-order chi connectivity index (χ0) is 14.5. The Labute approximate surface area is 125 Å². The third kappa shape index (κ3) is 4.35. The fraction of sp³-hybridized carbons (Fsp3) is 0.600. The smallest absolute Gasteiger partial charge is 0.137 e. The van der Waals surface area contributed by atoms with E-state index in [2.05, 4.69) is 0 Å². The van der Waals surface area contributed by atoms with Crippen molar-refractivity contribution in [2.45, 2.75) is 20.0 Å². The molecule has 2 rings (SSSR count). The number of hydrogen-bond acceptors (Lipinski definition) is 3. The maximum Gasteiger partial charge on any atom is 0.137 e. The van der Waals surface area contributed by atoms with E-state index in [1.54, 1.807) is 0 Å². The third-order valence-electron chi connectivity index (χ3n) is 3.58. The van der Waals surface area contributed by atoms with Crippen LogP contribution in [0.25, 0.3) is 0 Å². The topological polar surface area (TPSA) is 43.1 Å². The molecule has 1 heterocycles. The molecule has 1 aromatic carbocycles. The van der Waals surface area contributed by atoms with Crippen LogP contribution in [-0.2, 0) is 4.74 Å². The van der Waals surface area contributed by atoms with Gasteiger partial charge >= 0.3 is 0 Å². The summed E-state index contributed by atoms with van der Waals surface area (Å²) in [5.74, 6) is 0.764. The molecule has 0 aromatic heterocycles. The summed E-state index contributed by atoms with van der Waals surface area (Å²) < 4.78 is 11.0. The van der Waals surface area contributed by atoms with Crippen LogP contribution in [0.15, 0.2) is 12.1 Å². The number of halogens is 1. The molecule has 1 fully saturated rings. The standard InChI is InChI=1S/C15H22ClNO3/c1-11-7-14(8-12(2)15(11)16)20-10-13(18)9-17-3-5-19-6-4-17/h7-8,13,18H,3-6,9-10H2,1-2H3/p+1/t13-/m1/s1. The Morgan fingerprint density at radius 1 is 1.30 bits per heavy atom. The van der Waals surface area contributed by atoms with E-state index in [-0.39, 0.29) is 0 Å². The molecule has 0 unspecified atom stereocenters. The minimum Gasteiger partial charge on any atom is -0.491 e. The highest BCUT2D eigenvalue weighted by Crippen LogP contribution is 2.25. The Hall–Kier alpha value is -0.810. The van der Waals surface area contributed by atoms with Crippen molar-refractivity contribution >= 4 is 11.6 Å². The molecule has 1 aromatic rings. The van der Waals surface area contributed by atoms with E-state index in [1.807, 2.05) is 26.0 Å². The molecule has 1 atom stereocenters. The summed E-state index contributed by atoms with van der Waals surface area (Å²) in [6, 6.07) is 3.81. The molecular formula is C15H23ClNO3+. The van der Waals surface area contributed by atoms with Gasteiger partial charge in [0.25, 0.3) is 0 Å². The number of benzene rings is 1. The molecule has 2 N–H and O–H groups in total. The Bertz CT molecular complexity index is 424. The maximum atomic E-state index is 10.0. The molecule has 4 nitrogen and oxygen atoms in total. The van der Waals surface area contributed by atoms with Crippen molar-refractivity contribution in [2.24, 2.45) is 0 Å².